The SMILES string of the molecule is COC(=O)c1cc(Br)ccc1OC(F)(F)F. The van der Waals surface area contributed by atoms with Crippen LogP contribution >= 0.6 is 15.9 Å². The molecular formula is C9H6BrF3O3. The van der Waals surface area contributed by atoms with Gasteiger partial charge in [0.05, 0.1) is 7.11 Å². The zero-order valence-corrected chi connectivity index (χ0v) is 9.55. The quantitative estimate of drug-likeness (QED) is 0.787. The lowest BCUT2D eigenvalue weighted by Crippen LogP contribution is -2.19. The topological polar surface area (TPSA) is 35.5 Å². The van der Waals surface area contributed by atoms with Gasteiger partial charge in [-0.2, -0.15) is 0 Å². The minimum atomic E-state index is -4.85. The second kappa shape index (κ2) is 4.73. The summed E-state index contributed by atoms with van der Waals surface area (Å²) < 4.78 is 44.5. The van der Waals surface area contributed by atoms with Gasteiger partial charge in [-0.3, -0.25) is 0 Å². The second-order valence-corrected chi connectivity index (χ2v) is 3.60. The Bertz CT molecular complexity index is 403. The van der Waals surface area contributed by atoms with Crippen molar-refractivity contribution in [2.24, 2.45) is 0 Å². The van der Waals surface area contributed by atoms with Crippen LogP contribution in [0.25, 0.3) is 0 Å². The van der Waals surface area contributed by atoms with Gasteiger partial charge < -0.3 is 9.47 Å². The van der Waals surface area contributed by atoms with Crippen LogP contribution in [0.4, 0.5) is 13.2 Å². The highest BCUT2D eigenvalue weighted by Gasteiger charge is 2.33. The standard InChI is InChI=1S/C9H6BrF3O3/c1-15-8(14)6-4-5(10)2-3-7(6)16-9(11,12)13/h2-4H,1H3. The summed E-state index contributed by atoms with van der Waals surface area (Å²) in [6, 6.07) is 3.55. The summed E-state index contributed by atoms with van der Waals surface area (Å²) in [5, 5.41) is 0. The van der Waals surface area contributed by atoms with Crippen LogP contribution in [-0.2, 0) is 4.74 Å². The Kier molecular flexibility index (Phi) is 3.79. The summed E-state index contributed by atoms with van der Waals surface area (Å²) in [7, 11) is 1.07. The average Bonchev–Trinajstić information content (AvgIpc) is 2.17. The van der Waals surface area contributed by atoms with E-state index in [-0.39, 0.29) is 5.56 Å². The van der Waals surface area contributed by atoms with Crippen LogP contribution in [0.1, 0.15) is 10.4 Å². The predicted molar refractivity (Wildman–Crippen MR) is 52.2 cm³/mol. The number of benzene rings is 1. The highest BCUT2D eigenvalue weighted by Crippen LogP contribution is 2.29. The molecule has 0 aromatic heterocycles. The van der Waals surface area contributed by atoms with Crippen molar-refractivity contribution in [3.8, 4) is 5.75 Å². The van der Waals surface area contributed by atoms with Gasteiger partial charge in [0, 0.05) is 4.47 Å². The molecule has 1 rings (SSSR count). The first-order valence-electron chi connectivity index (χ1n) is 3.97. The van der Waals surface area contributed by atoms with Crippen LogP contribution in [0.5, 0.6) is 5.75 Å². The Morgan fingerprint density at radius 3 is 2.50 bits per heavy atom. The lowest BCUT2D eigenvalue weighted by molar-refractivity contribution is -0.274. The molecule has 0 unspecified atom stereocenters. The molecule has 0 aliphatic carbocycles. The van der Waals surface area contributed by atoms with Gasteiger partial charge in [-0.25, -0.2) is 4.79 Å². The summed E-state index contributed by atoms with van der Waals surface area (Å²) >= 11 is 3.03. The van der Waals surface area contributed by atoms with E-state index in [2.05, 4.69) is 25.4 Å². The number of hydrogen-bond donors (Lipinski definition) is 0. The number of hydrogen-bond acceptors (Lipinski definition) is 3. The van der Waals surface area contributed by atoms with Crippen LogP contribution in [0, 0.1) is 0 Å². The van der Waals surface area contributed by atoms with E-state index in [9.17, 15) is 18.0 Å². The van der Waals surface area contributed by atoms with Crippen LogP contribution in [0.2, 0.25) is 0 Å². The molecule has 88 valence electrons. The number of rotatable bonds is 2. The molecule has 0 saturated heterocycles. The van der Waals surface area contributed by atoms with Crippen LogP contribution in [0.3, 0.4) is 0 Å². The Balaban J connectivity index is 3.13. The van der Waals surface area contributed by atoms with E-state index < -0.39 is 18.1 Å². The Morgan fingerprint density at radius 1 is 1.38 bits per heavy atom. The molecule has 0 heterocycles. The second-order valence-electron chi connectivity index (χ2n) is 2.68. The number of esters is 1. The van der Waals surface area contributed by atoms with E-state index in [1.807, 2.05) is 0 Å². The lowest BCUT2D eigenvalue weighted by Gasteiger charge is -2.12. The molecule has 0 aliphatic rings. The molecule has 0 N–H and O–H groups in total. The maximum Gasteiger partial charge on any atom is 0.573 e. The minimum absolute atomic E-state index is 0.297. The average molecular weight is 299 g/mol. The number of methoxy groups -OCH3 is 1. The first kappa shape index (κ1) is 12.8. The van der Waals surface area contributed by atoms with Crippen molar-refractivity contribution in [3.05, 3.63) is 28.2 Å². The molecule has 16 heavy (non-hydrogen) atoms. The summed E-state index contributed by atoms with van der Waals surface area (Å²) in [5.74, 6) is -1.50. The molecular weight excluding hydrogens is 293 g/mol. The minimum Gasteiger partial charge on any atom is -0.465 e. The Labute approximate surface area is 97.3 Å². The molecule has 0 amide bonds. The maximum absolute atomic E-state index is 12.0. The molecule has 1 aromatic rings. The van der Waals surface area contributed by atoms with Gasteiger partial charge in [-0.15, -0.1) is 13.2 Å². The van der Waals surface area contributed by atoms with Crippen molar-refractivity contribution in [3.63, 3.8) is 0 Å². The molecule has 1 aromatic carbocycles. The first-order valence-corrected chi connectivity index (χ1v) is 4.76. The van der Waals surface area contributed by atoms with E-state index in [1.54, 1.807) is 0 Å². The summed E-state index contributed by atoms with van der Waals surface area (Å²) in [5.41, 5.74) is -0.297. The van der Waals surface area contributed by atoms with Gasteiger partial charge in [-0.1, -0.05) is 15.9 Å². The fourth-order valence-electron chi connectivity index (χ4n) is 0.985. The first-order chi connectivity index (χ1) is 7.33. The lowest BCUT2D eigenvalue weighted by atomic mass is 10.2. The van der Waals surface area contributed by atoms with Gasteiger partial charge >= 0.3 is 12.3 Å². The molecule has 7 heteroatoms. The molecule has 0 bridgehead atoms. The predicted octanol–water partition coefficient (Wildman–Crippen LogP) is 3.13. The largest absolute Gasteiger partial charge is 0.573 e. The zero-order valence-electron chi connectivity index (χ0n) is 7.97. The van der Waals surface area contributed by atoms with Gasteiger partial charge in [0.15, 0.2) is 0 Å². The summed E-state index contributed by atoms with van der Waals surface area (Å²) in [6.07, 6.45) is -4.85. The maximum atomic E-state index is 12.0. The highest BCUT2D eigenvalue weighted by molar-refractivity contribution is 9.10. The van der Waals surface area contributed by atoms with Crippen LogP contribution in [-0.4, -0.2) is 19.4 Å². The molecule has 0 aliphatic heterocycles. The Morgan fingerprint density at radius 2 is 2.00 bits per heavy atom. The van der Waals surface area contributed by atoms with E-state index in [1.165, 1.54) is 12.1 Å². The van der Waals surface area contributed by atoms with Gasteiger partial charge in [0.25, 0.3) is 0 Å². The smallest absolute Gasteiger partial charge is 0.465 e. The number of ether oxygens (including phenoxy) is 2. The number of alkyl halides is 3. The summed E-state index contributed by atoms with van der Waals surface area (Å²) in [6.45, 7) is 0. The molecule has 0 radical (unpaired) electrons. The van der Waals surface area contributed by atoms with Gasteiger partial charge in [0.1, 0.15) is 11.3 Å². The van der Waals surface area contributed by atoms with Crippen LogP contribution in [0.15, 0.2) is 22.7 Å². The number of halogens is 4. The van der Waals surface area contributed by atoms with E-state index in [0.29, 0.717) is 4.47 Å². The van der Waals surface area contributed by atoms with Gasteiger partial charge in [0.2, 0.25) is 0 Å². The normalized spacial score (nSPS) is 11.1. The molecule has 3 nitrogen and oxygen atoms in total. The van der Waals surface area contributed by atoms with Gasteiger partial charge in [-0.05, 0) is 18.2 Å². The monoisotopic (exact) mass is 298 g/mol. The summed E-state index contributed by atoms with van der Waals surface area (Å²) in [4.78, 5) is 11.2. The third kappa shape index (κ3) is 3.41. The molecule has 0 saturated carbocycles. The van der Waals surface area contributed by atoms with Crippen molar-refractivity contribution in [2.45, 2.75) is 6.36 Å². The number of carbonyl (C=O) groups excluding carboxylic acids is 1. The van der Waals surface area contributed by atoms with E-state index in [4.69, 9.17) is 0 Å². The zero-order chi connectivity index (χ0) is 12.3. The van der Waals surface area contributed by atoms with Crippen molar-refractivity contribution in [1.29, 1.82) is 0 Å². The fraction of sp³-hybridized carbons (Fsp3) is 0.222. The third-order valence-corrected chi connectivity index (χ3v) is 2.07. The molecule has 0 atom stereocenters. The number of carbonyl (C=O) groups is 1. The van der Waals surface area contributed by atoms with E-state index >= 15 is 0 Å². The van der Waals surface area contributed by atoms with E-state index in [0.717, 1.165) is 13.2 Å². The molecule has 0 spiro atoms. The van der Waals surface area contributed by atoms with Crippen molar-refractivity contribution in [2.75, 3.05) is 7.11 Å². The van der Waals surface area contributed by atoms with Crippen molar-refractivity contribution < 1.29 is 27.4 Å². The highest BCUT2D eigenvalue weighted by atomic mass is 79.9. The fourth-order valence-corrected chi connectivity index (χ4v) is 1.35. The Hall–Kier alpha value is -1.24. The van der Waals surface area contributed by atoms with Crippen molar-refractivity contribution >= 4 is 21.9 Å². The molecule has 0 fully saturated rings. The third-order valence-electron chi connectivity index (χ3n) is 1.57. The van der Waals surface area contributed by atoms with Crippen LogP contribution < -0.4 is 4.74 Å². The van der Waals surface area contributed by atoms with Crippen molar-refractivity contribution in [1.82, 2.24) is 0 Å².